The molecule has 0 aliphatic carbocycles. The Hall–Kier alpha value is -3.17. The lowest BCUT2D eigenvalue weighted by atomic mass is 10.1. The highest BCUT2D eigenvalue weighted by Crippen LogP contribution is 2.19. The Morgan fingerprint density at radius 3 is 2.46 bits per heavy atom. The van der Waals surface area contributed by atoms with Crippen LogP contribution in [0, 0.1) is 0 Å². The Balaban J connectivity index is 1.86. The Morgan fingerprint density at radius 2 is 1.82 bits per heavy atom. The van der Waals surface area contributed by atoms with Crippen molar-refractivity contribution in [3.63, 3.8) is 0 Å². The van der Waals surface area contributed by atoms with E-state index < -0.39 is 23.8 Å². The van der Waals surface area contributed by atoms with E-state index in [1.54, 1.807) is 6.07 Å². The highest BCUT2D eigenvalue weighted by Gasteiger charge is 2.12. The van der Waals surface area contributed by atoms with E-state index >= 15 is 0 Å². The maximum Gasteiger partial charge on any atom is 0.329 e. The third-order valence-corrected chi connectivity index (χ3v) is 4.14. The van der Waals surface area contributed by atoms with Gasteiger partial charge in [0.25, 0.3) is 5.56 Å². The number of pyridine rings is 1. The molecular formula is C17H12Cl2N4O5. The molecule has 2 heterocycles. The fourth-order valence-corrected chi connectivity index (χ4v) is 3.08. The van der Waals surface area contributed by atoms with Crippen LogP contribution in [0.1, 0.15) is 5.56 Å². The number of benzene rings is 1. The fraction of sp³-hybridized carbons (Fsp3) is 0.118. The van der Waals surface area contributed by atoms with E-state index in [1.807, 2.05) is 0 Å². The number of hydrogen-bond donors (Lipinski definition) is 3. The zero-order chi connectivity index (χ0) is 20.4. The lowest BCUT2D eigenvalue weighted by Gasteiger charge is -2.08. The zero-order valence-electron chi connectivity index (χ0n) is 14.0. The number of carboxylic acid groups (broad SMARTS) is 1. The summed E-state index contributed by atoms with van der Waals surface area (Å²) in [5.74, 6) is -1.68. The van der Waals surface area contributed by atoms with Crippen molar-refractivity contribution in [1.29, 1.82) is 0 Å². The summed E-state index contributed by atoms with van der Waals surface area (Å²) in [5, 5.41) is 11.8. The molecule has 11 heteroatoms. The van der Waals surface area contributed by atoms with Crippen LogP contribution in [0.4, 0.5) is 5.69 Å². The average Bonchev–Trinajstić information content (AvgIpc) is 2.57. The minimum atomic E-state index is -1.31. The van der Waals surface area contributed by atoms with Crippen molar-refractivity contribution in [1.82, 2.24) is 14.5 Å². The second-order valence-corrected chi connectivity index (χ2v) is 6.60. The molecule has 3 rings (SSSR count). The van der Waals surface area contributed by atoms with Gasteiger partial charge in [0.15, 0.2) is 0 Å². The van der Waals surface area contributed by atoms with Gasteiger partial charge in [0, 0.05) is 5.69 Å². The molecule has 0 aliphatic heterocycles. The maximum atomic E-state index is 12.3. The van der Waals surface area contributed by atoms with Crippen LogP contribution in [0.2, 0.25) is 10.3 Å². The topological polar surface area (TPSA) is 134 Å². The molecule has 144 valence electrons. The standard InChI is InChI=1S/C17H12Cl2N4O5/c18-12-5-9(6-13(19)22-12)20-14(24)4-8-1-2-10-11(3-8)21-17(28)23(16(10)27)7-15(25)26/h1-3,5-6H,4,7H2,(H,21,28)(H,25,26)(H,20,22,24). The number of aromatic amines is 1. The van der Waals surface area contributed by atoms with Gasteiger partial charge in [0.2, 0.25) is 5.91 Å². The summed E-state index contributed by atoms with van der Waals surface area (Å²) >= 11 is 11.6. The Bertz CT molecular complexity index is 1200. The number of H-pyrrole nitrogens is 1. The second-order valence-electron chi connectivity index (χ2n) is 5.82. The van der Waals surface area contributed by atoms with Crippen molar-refractivity contribution in [2.75, 3.05) is 5.32 Å². The summed E-state index contributed by atoms with van der Waals surface area (Å²) in [7, 11) is 0. The summed E-state index contributed by atoms with van der Waals surface area (Å²) in [5.41, 5.74) is -0.458. The molecule has 0 saturated heterocycles. The van der Waals surface area contributed by atoms with Gasteiger partial charge in [-0.05, 0) is 29.8 Å². The largest absolute Gasteiger partial charge is 0.480 e. The van der Waals surface area contributed by atoms with Crippen LogP contribution < -0.4 is 16.6 Å². The van der Waals surface area contributed by atoms with Crippen LogP contribution in [-0.2, 0) is 22.6 Å². The lowest BCUT2D eigenvalue weighted by molar-refractivity contribution is -0.137. The van der Waals surface area contributed by atoms with Crippen molar-refractivity contribution < 1.29 is 14.7 Å². The normalized spacial score (nSPS) is 10.8. The SMILES string of the molecule is O=C(O)Cn1c(=O)[nH]c2cc(CC(=O)Nc3cc(Cl)nc(Cl)c3)ccc2c1=O. The van der Waals surface area contributed by atoms with E-state index in [2.05, 4.69) is 15.3 Å². The number of aromatic nitrogens is 3. The number of nitrogens with zero attached hydrogens (tertiary/aromatic N) is 2. The molecule has 0 fully saturated rings. The number of hydrogen-bond acceptors (Lipinski definition) is 5. The van der Waals surface area contributed by atoms with Crippen molar-refractivity contribution in [2.24, 2.45) is 0 Å². The predicted molar refractivity (Wildman–Crippen MR) is 103 cm³/mol. The summed E-state index contributed by atoms with van der Waals surface area (Å²) in [6, 6.07) is 7.32. The molecule has 0 bridgehead atoms. The molecule has 0 aliphatic rings. The lowest BCUT2D eigenvalue weighted by Crippen LogP contribution is -2.37. The first-order chi connectivity index (χ1) is 13.2. The van der Waals surface area contributed by atoms with Crippen LogP contribution >= 0.6 is 23.2 Å². The number of fused-ring (bicyclic) bond motifs is 1. The van der Waals surface area contributed by atoms with E-state index in [4.69, 9.17) is 28.3 Å². The van der Waals surface area contributed by atoms with E-state index in [0.717, 1.165) is 0 Å². The highest BCUT2D eigenvalue weighted by molar-refractivity contribution is 6.33. The third-order valence-electron chi connectivity index (χ3n) is 3.75. The molecule has 9 nitrogen and oxygen atoms in total. The first kappa shape index (κ1) is 19.6. The molecule has 3 aromatic rings. The van der Waals surface area contributed by atoms with E-state index in [0.29, 0.717) is 15.8 Å². The molecule has 0 saturated carbocycles. The van der Waals surface area contributed by atoms with Gasteiger partial charge in [0.1, 0.15) is 16.9 Å². The van der Waals surface area contributed by atoms with Gasteiger partial charge in [-0.2, -0.15) is 0 Å². The van der Waals surface area contributed by atoms with Crippen LogP contribution in [0.25, 0.3) is 10.9 Å². The molecule has 0 radical (unpaired) electrons. The van der Waals surface area contributed by atoms with Crippen LogP contribution in [0.3, 0.4) is 0 Å². The molecule has 0 spiro atoms. The van der Waals surface area contributed by atoms with E-state index in [9.17, 15) is 19.2 Å². The fourth-order valence-electron chi connectivity index (χ4n) is 2.62. The smallest absolute Gasteiger partial charge is 0.329 e. The first-order valence-corrected chi connectivity index (χ1v) is 8.59. The van der Waals surface area contributed by atoms with Gasteiger partial charge < -0.3 is 15.4 Å². The molecular weight excluding hydrogens is 411 g/mol. The Morgan fingerprint density at radius 1 is 1.14 bits per heavy atom. The van der Waals surface area contributed by atoms with Gasteiger partial charge in [-0.15, -0.1) is 0 Å². The minimum absolute atomic E-state index is 0.0479. The van der Waals surface area contributed by atoms with Crippen LogP contribution in [-0.4, -0.2) is 31.5 Å². The summed E-state index contributed by atoms with van der Waals surface area (Å²) in [6.07, 6.45) is -0.0479. The van der Waals surface area contributed by atoms with Crippen molar-refractivity contribution >= 4 is 51.7 Å². The van der Waals surface area contributed by atoms with Crippen LogP contribution in [0.5, 0.6) is 0 Å². The monoisotopic (exact) mass is 422 g/mol. The number of halogens is 2. The van der Waals surface area contributed by atoms with Crippen molar-refractivity contribution in [3.05, 3.63) is 67.0 Å². The highest BCUT2D eigenvalue weighted by atomic mass is 35.5. The molecule has 3 N–H and O–H groups in total. The molecule has 1 aromatic carbocycles. The zero-order valence-corrected chi connectivity index (χ0v) is 15.5. The third kappa shape index (κ3) is 4.38. The molecule has 2 aromatic heterocycles. The minimum Gasteiger partial charge on any atom is -0.480 e. The van der Waals surface area contributed by atoms with Gasteiger partial charge in [0.05, 0.1) is 17.3 Å². The quantitative estimate of drug-likeness (QED) is 0.535. The summed E-state index contributed by atoms with van der Waals surface area (Å²) in [6.45, 7) is -0.745. The van der Waals surface area contributed by atoms with Crippen molar-refractivity contribution in [2.45, 2.75) is 13.0 Å². The number of carbonyl (C=O) groups is 2. The van der Waals surface area contributed by atoms with E-state index in [-0.39, 0.29) is 33.5 Å². The number of nitrogens with one attached hydrogen (secondary N) is 2. The van der Waals surface area contributed by atoms with Gasteiger partial charge in [-0.1, -0.05) is 29.3 Å². The molecule has 0 atom stereocenters. The van der Waals surface area contributed by atoms with Crippen LogP contribution in [0.15, 0.2) is 39.9 Å². The summed E-state index contributed by atoms with van der Waals surface area (Å²) < 4.78 is 0.591. The molecule has 1 amide bonds. The summed E-state index contributed by atoms with van der Waals surface area (Å²) in [4.78, 5) is 53.5. The second kappa shape index (κ2) is 7.83. The number of carboxylic acids is 1. The maximum absolute atomic E-state index is 12.3. The van der Waals surface area contributed by atoms with Crippen molar-refractivity contribution in [3.8, 4) is 0 Å². The molecule has 0 unspecified atom stereocenters. The van der Waals surface area contributed by atoms with Gasteiger partial charge >= 0.3 is 11.7 Å². The Labute approximate surface area is 166 Å². The van der Waals surface area contributed by atoms with Gasteiger partial charge in [-0.3, -0.25) is 14.4 Å². The molecule has 28 heavy (non-hydrogen) atoms. The first-order valence-electron chi connectivity index (χ1n) is 7.83. The number of rotatable bonds is 5. The van der Waals surface area contributed by atoms with Gasteiger partial charge in [-0.25, -0.2) is 14.3 Å². The predicted octanol–water partition coefficient (Wildman–Crippen LogP) is 1.66. The average molecular weight is 423 g/mol. The van der Waals surface area contributed by atoms with E-state index in [1.165, 1.54) is 24.3 Å². The number of aliphatic carboxylic acids is 1. The number of carbonyl (C=O) groups excluding carboxylic acids is 1. The number of amides is 1. The number of anilines is 1. The Kier molecular flexibility index (Phi) is 5.48.